The number of ether oxygens (including phenoxy) is 1. The maximum absolute atomic E-state index is 12.0. The van der Waals surface area contributed by atoms with Gasteiger partial charge in [0.05, 0.1) is 12.2 Å². The van der Waals surface area contributed by atoms with Gasteiger partial charge in [0.15, 0.2) is 0 Å². The fraction of sp³-hybridized carbons (Fsp3) is 0.947. The maximum atomic E-state index is 12.0. The summed E-state index contributed by atoms with van der Waals surface area (Å²) in [6.45, 7) is 10.2. The smallest absolute Gasteiger partial charge is 0.222 e. The first-order chi connectivity index (χ1) is 11.4. The van der Waals surface area contributed by atoms with E-state index in [1.54, 1.807) is 0 Å². The third-order valence-corrected chi connectivity index (χ3v) is 6.35. The number of rotatable bonds is 4. The molecule has 1 spiro atoms. The van der Waals surface area contributed by atoms with Gasteiger partial charge < -0.3 is 19.6 Å². The predicted molar refractivity (Wildman–Crippen MR) is 93.8 cm³/mol. The number of hydrogen-bond acceptors (Lipinski definition) is 4. The number of carbonyl (C=O) groups is 1. The molecule has 3 fully saturated rings. The summed E-state index contributed by atoms with van der Waals surface area (Å²) in [4.78, 5) is 16.5. The van der Waals surface area contributed by atoms with Crippen LogP contribution in [0, 0.1) is 11.3 Å². The number of carbonyl (C=O) groups excluding carboxylic acids is 1. The van der Waals surface area contributed by atoms with Crippen molar-refractivity contribution in [3.63, 3.8) is 0 Å². The molecule has 0 aliphatic carbocycles. The second kappa shape index (κ2) is 7.30. The van der Waals surface area contributed by atoms with E-state index in [-0.39, 0.29) is 18.1 Å². The average molecular weight is 338 g/mol. The van der Waals surface area contributed by atoms with Gasteiger partial charge >= 0.3 is 0 Å². The van der Waals surface area contributed by atoms with E-state index in [4.69, 9.17) is 4.74 Å². The Kier molecular flexibility index (Phi) is 5.52. The fourth-order valence-corrected chi connectivity index (χ4v) is 4.92. The van der Waals surface area contributed by atoms with Gasteiger partial charge in [0.25, 0.3) is 0 Å². The van der Waals surface area contributed by atoms with Crippen molar-refractivity contribution < 1.29 is 14.6 Å². The predicted octanol–water partition coefficient (Wildman–Crippen LogP) is 1.89. The van der Waals surface area contributed by atoms with Crippen LogP contribution >= 0.6 is 0 Å². The summed E-state index contributed by atoms with van der Waals surface area (Å²) in [6.07, 6.45) is 6.42. The molecule has 3 aliphatic rings. The highest BCUT2D eigenvalue weighted by molar-refractivity contribution is 5.77. The lowest BCUT2D eigenvalue weighted by Crippen LogP contribution is -2.52. The number of amides is 1. The minimum Gasteiger partial charge on any atom is -0.395 e. The number of aliphatic hydroxyl groups is 1. The SMILES string of the molecule is CC1(C)C[C@@H](CN2CCC3(CCC(=O)N(CCO)C3)CC2)CCO1. The Balaban J connectivity index is 1.49. The minimum absolute atomic E-state index is 0.0362. The molecule has 0 saturated carbocycles. The van der Waals surface area contributed by atoms with Crippen LogP contribution in [0.4, 0.5) is 0 Å². The van der Waals surface area contributed by atoms with Crippen LogP contribution < -0.4 is 0 Å². The van der Waals surface area contributed by atoms with E-state index < -0.39 is 0 Å². The monoisotopic (exact) mass is 338 g/mol. The molecular formula is C19H34N2O3. The van der Waals surface area contributed by atoms with E-state index in [0.717, 1.165) is 45.0 Å². The quantitative estimate of drug-likeness (QED) is 0.850. The molecule has 1 atom stereocenters. The highest BCUT2D eigenvalue weighted by atomic mass is 16.5. The summed E-state index contributed by atoms with van der Waals surface area (Å²) in [7, 11) is 0. The van der Waals surface area contributed by atoms with E-state index >= 15 is 0 Å². The number of aliphatic hydroxyl groups excluding tert-OH is 1. The largest absolute Gasteiger partial charge is 0.395 e. The van der Waals surface area contributed by atoms with Crippen molar-refractivity contribution in [3.8, 4) is 0 Å². The molecule has 0 bridgehead atoms. The van der Waals surface area contributed by atoms with Crippen LogP contribution in [0.25, 0.3) is 0 Å². The van der Waals surface area contributed by atoms with Crippen LogP contribution in [-0.2, 0) is 9.53 Å². The van der Waals surface area contributed by atoms with Gasteiger partial charge in [-0.25, -0.2) is 0 Å². The number of piperidine rings is 2. The molecule has 5 nitrogen and oxygen atoms in total. The molecule has 0 unspecified atom stereocenters. The fourth-order valence-electron chi connectivity index (χ4n) is 4.92. The summed E-state index contributed by atoms with van der Waals surface area (Å²) >= 11 is 0. The first kappa shape index (κ1) is 18.2. The number of likely N-dealkylation sites (tertiary alicyclic amines) is 2. The van der Waals surface area contributed by atoms with E-state index in [2.05, 4.69) is 18.7 Å². The maximum Gasteiger partial charge on any atom is 0.222 e. The zero-order valence-electron chi connectivity index (χ0n) is 15.4. The first-order valence-electron chi connectivity index (χ1n) is 9.66. The summed E-state index contributed by atoms with van der Waals surface area (Å²) in [6, 6.07) is 0. The van der Waals surface area contributed by atoms with E-state index in [1.807, 2.05) is 4.90 Å². The summed E-state index contributed by atoms with van der Waals surface area (Å²) < 4.78 is 5.84. The Hall–Kier alpha value is -0.650. The Morgan fingerprint density at radius 2 is 2.00 bits per heavy atom. The molecule has 0 aromatic heterocycles. The molecule has 1 N–H and O–H groups in total. The Morgan fingerprint density at radius 1 is 1.25 bits per heavy atom. The van der Waals surface area contributed by atoms with E-state index in [1.165, 1.54) is 25.8 Å². The summed E-state index contributed by atoms with van der Waals surface area (Å²) in [5.41, 5.74) is 0.336. The van der Waals surface area contributed by atoms with Crippen LogP contribution in [0.15, 0.2) is 0 Å². The van der Waals surface area contributed by atoms with Crippen LogP contribution in [-0.4, -0.2) is 72.4 Å². The van der Waals surface area contributed by atoms with Crippen molar-refractivity contribution in [2.45, 2.75) is 58.0 Å². The molecular weight excluding hydrogens is 304 g/mol. The topological polar surface area (TPSA) is 53.0 Å². The average Bonchev–Trinajstić information content (AvgIpc) is 2.53. The summed E-state index contributed by atoms with van der Waals surface area (Å²) in [5, 5.41) is 9.18. The lowest BCUT2D eigenvalue weighted by molar-refractivity contribution is -0.139. The molecule has 3 saturated heterocycles. The Bertz CT molecular complexity index is 444. The van der Waals surface area contributed by atoms with Gasteiger partial charge in [-0.15, -0.1) is 0 Å². The normalized spacial score (nSPS) is 30.7. The lowest BCUT2D eigenvalue weighted by Gasteiger charge is -2.48. The standard InChI is InChI=1S/C19H34N2O3/c1-18(2)13-16(4-12-24-18)14-20-8-6-19(7-9-20)5-3-17(23)21(15-19)10-11-22/h16,22H,3-15H2,1-2H3/t16-/m0/s1. The highest BCUT2D eigenvalue weighted by Crippen LogP contribution is 2.40. The number of β-amino-alcohol motifs (C(OH)–C–C–N with tert-alkyl or cyclic N) is 1. The second-order valence-electron chi connectivity index (χ2n) is 8.81. The molecule has 5 heteroatoms. The van der Waals surface area contributed by atoms with Crippen LogP contribution in [0.3, 0.4) is 0 Å². The Morgan fingerprint density at radius 3 is 2.67 bits per heavy atom. The molecule has 3 aliphatic heterocycles. The molecule has 24 heavy (non-hydrogen) atoms. The van der Waals surface area contributed by atoms with Crippen molar-refractivity contribution in [2.75, 3.05) is 45.9 Å². The van der Waals surface area contributed by atoms with Crippen LogP contribution in [0.5, 0.6) is 0 Å². The third kappa shape index (κ3) is 4.30. The lowest BCUT2D eigenvalue weighted by atomic mass is 9.72. The van der Waals surface area contributed by atoms with Gasteiger partial charge in [0.2, 0.25) is 5.91 Å². The Labute approximate surface area is 146 Å². The van der Waals surface area contributed by atoms with Crippen molar-refractivity contribution in [2.24, 2.45) is 11.3 Å². The summed E-state index contributed by atoms with van der Waals surface area (Å²) in [5.74, 6) is 0.975. The molecule has 0 radical (unpaired) electrons. The van der Waals surface area contributed by atoms with Crippen LogP contribution in [0.1, 0.15) is 52.4 Å². The van der Waals surface area contributed by atoms with Crippen molar-refractivity contribution in [1.82, 2.24) is 9.80 Å². The van der Waals surface area contributed by atoms with Gasteiger partial charge in [-0.3, -0.25) is 4.79 Å². The second-order valence-corrected chi connectivity index (χ2v) is 8.81. The zero-order chi connectivity index (χ0) is 17.2. The first-order valence-corrected chi connectivity index (χ1v) is 9.66. The zero-order valence-corrected chi connectivity index (χ0v) is 15.4. The third-order valence-electron chi connectivity index (χ3n) is 6.35. The molecule has 0 aromatic rings. The van der Waals surface area contributed by atoms with Gasteiger partial charge in [-0.2, -0.15) is 0 Å². The highest BCUT2D eigenvalue weighted by Gasteiger charge is 2.41. The van der Waals surface area contributed by atoms with Gasteiger partial charge in [0, 0.05) is 32.7 Å². The number of hydrogen-bond donors (Lipinski definition) is 1. The van der Waals surface area contributed by atoms with Gasteiger partial charge in [-0.05, 0) is 70.4 Å². The molecule has 3 heterocycles. The molecule has 3 rings (SSSR count). The van der Waals surface area contributed by atoms with Crippen molar-refractivity contribution >= 4 is 5.91 Å². The van der Waals surface area contributed by atoms with E-state index in [9.17, 15) is 9.90 Å². The van der Waals surface area contributed by atoms with Crippen LogP contribution in [0.2, 0.25) is 0 Å². The molecule has 1 amide bonds. The van der Waals surface area contributed by atoms with Crippen molar-refractivity contribution in [1.29, 1.82) is 0 Å². The van der Waals surface area contributed by atoms with Gasteiger partial charge in [-0.1, -0.05) is 0 Å². The van der Waals surface area contributed by atoms with E-state index in [0.29, 0.717) is 18.4 Å². The van der Waals surface area contributed by atoms with Crippen molar-refractivity contribution in [3.05, 3.63) is 0 Å². The number of nitrogens with zero attached hydrogens (tertiary/aromatic N) is 2. The minimum atomic E-state index is 0.0362. The molecule has 0 aromatic carbocycles. The van der Waals surface area contributed by atoms with Gasteiger partial charge in [0.1, 0.15) is 0 Å². The molecule has 138 valence electrons.